The maximum absolute atomic E-state index is 13.6. The molecule has 7 aliphatic rings. The number of esters is 1. The second-order valence-corrected chi connectivity index (χ2v) is 13.2. The van der Waals surface area contributed by atoms with E-state index in [1.165, 1.54) is 0 Å². The minimum absolute atomic E-state index is 0.0549. The first-order chi connectivity index (χ1) is 16.6. The Labute approximate surface area is 206 Å². The average molecular weight is 487 g/mol. The summed E-state index contributed by atoms with van der Waals surface area (Å²) in [5.41, 5.74) is 0.0640. The van der Waals surface area contributed by atoms with E-state index in [9.17, 15) is 19.8 Å². The molecular formula is C28H38O7. The van der Waals surface area contributed by atoms with Crippen molar-refractivity contribution in [2.24, 2.45) is 40.4 Å². The zero-order chi connectivity index (χ0) is 24.7. The summed E-state index contributed by atoms with van der Waals surface area (Å²) < 4.78 is 17.8. The summed E-state index contributed by atoms with van der Waals surface area (Å²) in [5, 5.41) is 20.6. The zero-order valence-corrected chi connectivity index (χ0v) is 21.2. The van der Waals surface area contributed by atoms with Crippen LogP contribution in [-0.2, 0) is 23.8 Å². The Hall–Kier alpha value is -1.28. The standard InChI is InChI=1S/C28H38O7/c1-12-9-19(33-25(32)15(12)11-29)13(2)16-5-6-17-14-10-20-28(35-20)24(31)22-21(34-22)23(30)27(28,4)18(14)7-8-26(16,17)3/h13-14,16-22,24,29,31H,5-11H2,1-4H3/t13-,14-,16+,17-,18-,19-,20+,21+,22-,24-,26+,27-,28-/m0/s1. The highest BCUT2D eigenvalue weighted by Gasteiger charge is 2.86. The Morgan fingerprint density at radius 2 is 1.91 bits per heavy atom. The first-order valence-corrected chi connectivity index (χ1v) is 13.7. The van der Waals surface area contributed by atoms with Gasteiger partial charge in [-0.05, 0) is 81.0 Å². The molecule has 3 aliphatic heterocycles. The number of hydrogen-bond donors (Lipinski definition) is 2. The van der Waals surface area contributed by atoms with E-state index in [0.29, 0.717) is 29.7 Å². The third-order valence-electron chi connectivity index (χ3n) is 12.3. The van der Waals surface area contributed by atoms with Crippen LogP contribution < -0.4 is 0 Å². The molecule has 7 nitrogen and oxygen atoms in total. The van der Waals surface area contributed by atoms with Crippen LogP contribution in [0.5, 0.6) is 0 Å². The average Bonchev–Trinajstić information content (AvgIpc) is 3.72. The van der Waals surface area contributed by atoms with Gasteiger partial charge in [-0.1, -0.05) is 19.4 Å². The van der Waals surface area contributed by atoms with Crippen molar-refractivity contribution in [2.45, 2.75) is 102 Å². The van der Waals surface area contributed by atoms with Crippen molar-refractivity contribution in [3.63, 3.8) is 0 Å². The SMILES string of the molecule is CC1=C(CO)C(=O)O[C@H]([C@@H](C)[C@H]2CC[C@H]3[C@@H]4C[C@H]5O[C@]56[C@@H](O)[C@H]5O[C@H]5C(=O)[C@]6(C)[C@H]4CC[C@]23C)C1. The van der Waals surface area contributed by atoms with E-state index in [4.69, 9.17) is 14.2 Å². The summed E-state index contributed by atoms with van der Waals surface area (Å²) >= 11 is 0. The minimum Gasteiger partial charge on any atom is -0.458 e. The van der Waals surface area contributed by atoms with Gasteiger partial charge in [-0.15, -0.1) is 0 Å². The smallest absolute Gasteiger partial charge is 0.336 e. The van der Waals surface area contributed by atoms with Crippen LogP contribution >= 0.6 is 0 Å². The second kappa shape index (κ2) is 6.97. The van der Waals surface area contributed by atoms with E-state index < -0.39 is 23.2 Å². The van der Waals surface area contributed by atoms with Crippen molar-refractivity contribution in [1.29, 1.82) is 0 Å². The fourth-order valence-electron chi connectivity index (χ4n) is 10.3. The van der Waals surface area contributed by atoms with Gasteiger partial charge in [0.25, 0.3) is 0 Å². The third kappa shape index (κ3) is 2.56. The van der Waals surface area contributed by atoms with Gasteiger partial charge in [-0.2, -0.15) is 0 Å². The number of fused-ring (bicyclic) bond motifs is 5. The summed E-state index contributed by atoms with van der Waals surface area (Å²) in [4.78, 5) is 26.1. The van der Waals surface area contributed by atoms with Crippen LogP contribution in [0, 0.1) is 40.4 Å². The summed E-state index contributed by atoms with van der Waals surface area (Å²) in [6.45, 7) is 8.42. The number of aliphatic hydroxyl groups excluding tert-OH is 2. The van der Waals surface area contributed by atoms with Crippen LogP contribution in [0.4, 0.5) is 0 Å². The predicted octanol–water partition coefficient (Wildman–Crippen LogP) is 2.56. The zero-order valence-electron chi connectivity index (χ0n) is 21.2. The number of epoxide rings is 2. The molecule has 4 aliphatic carbocycles. The van der Waals surface area contributed by atoms with Crippen LogP contribution in [0.1, 0.15) is 66.2 Å². The number of Topliss-reactive ketones (excluding diaryl/α,β-unsaturated/α-hetero) is 1. The quantitative estimate of drug-likeness (QED) is 0.466. The molecule has 6 fully saturated rings. The number of aliphatic hydroxyl groups is 2. The van der Waals surface area contributed by atoms with E-state index in [1.807, 2.05) is 6.92 Å². The Bertz CT molecular complexity index is 1040. The normalized spacial score (nSPS) is 56.8. The van der Waals surface area contributed by atoms with Gasteiger partial charge in [0.2, 0.25) is 0 Å². The second-order valence-electron chi connectivity index (χ2n) is 13.2. The lowest BCUT2D eigenvalue weighted by Crippen LogP contribution is -2.67. The molecule has 13 atom stereocenters. The number of ether oxygens (including phenoxy) is 3. The molecule has 35 heavy (non-hydrogen) atoms. The highest BCUT2D eigenvalue weighted by atomic mass is 16.7. The van der Waals surface area contributed by atoms with E-state index in [-0.39, 0.29) is 53.9 Å². The van der Waals surface area contributed by atoms with E-state index in [0.717, 1.165) is 37.7 Å². The molecule has 0 amide bonds. The third-order valence-corrected chi connectivity index (χ3v) is 12.3. The van der Waals surface area contributed by atoms with Crippen molar-refractivity contribution in [2.75, 3.05) is 6.61 Å². The van der Waals surface area contributed by atoms with Crippen LogP contribution in [0.3, 0.4) is 0 Å². The molecule has 0 aromatic carbocycles. The van der Waals surface area contributed by atoms with Crippen LogP contribution in [0.2, 0.25) is 0 Å². The van der Waals surface area contributed by atoms with E-state index in [1.54, 1.807) is 0 Å². The fraction of sp³-hybridized carbons (Fsp3) is 0.857. The monoisotopic (exact) mass is 486 g/mol. The van der Waals surface area contributed by atoms with Gasteiger partial charge in [0.1, 0.15) is 30.0 Å². The molecule has 2 saturated heterocycles. The molecule has 0 aromatic rings. The maximum Gasteiger partial charge on any atom is 0.336 e. The van der Waals surface area contributed by atoms with E-state index >= 15 is 0 Å². The van der Waals surface area contributed by atoms with Crippen LogP contribution in [0.15, 0.2) is 11.1 Å². The number of carbonyl (C=O) groups is 2. The maximum atomic E-state index is 13.6. The summed E-state index contributed by atoms with van der Waals surface area (Å²) in [6, 6.07) is 0. The summed E-state index contributed by atoms with van der Waals surface area (Å²) in [6.07, 6.45) is 4.11. The summed E-state index contributed by atoms with van der Waals surface area (Å²) in [7, 11) is 0. The largest absolute Gasteiger partial charge is 0.458 e. The molecule has 192 valence electrons. The summed E-state index contributed by atoms with van der Waals surface area (Å²) in [5.74, 6) is 1.58. The van der Waals surface area contributed by atoms with Gasteiger partial charge >= 0.3 is 5.97 Å². The highest BCUT2D eigenvalue weighted by Crippen LogP contribution is 2.75. The Balaban J connectivity index is 1.16. The number of rotatable bonds is 3. The Morgan fingerprint density at radius 3 is 2.63 bits per heavy atom. The van der Waals surface area contributed by atoms with Crippen molar-refractivity contribution in [1.82, 2.24) is 0 Å². The number of ketones is 1. The lowest BCUT2D eigenvalue weighted by atomic mass is 9.43. The van der Waals surface area contributed by atoms with Crippen molar-refractivity contribution >= 4 is 11.8 Å². The fourth-order valence-corrected chi connectivity index (χ4v) is 10.3. The Morgan fingerprint density at radius 1 is 1.14 bits per heavy atom. The van der Waals surface area contributed by atoms with Gasteiger partial charge < -0.3 is 24.4 Å². The molecule has 0 aromatic heterocycles. The van der Waals surface area contributed by atoms with Crippen molar-refractivity contribution < 1.29 is 34.0 Å². The molecule has 0 radical (unpaired) electrons. The first kappa shape index (κ1) is 22.9. The number of carbonyl (C=O) groups excluding carboxylic acids is 2. The van der Waals surface area contributed by atoms with Gasteiger partial charge in [0.15, 0.2) is 5.78 Å². The molecule has 0 unspecified atom stereocenters. The van der Waals surface area contributed by atoms with Crippen LogP contribution in [-0.4, -0.2) is 64.7 Å². The molecule has 1 spiro atoms. The number of hydrogen-bond acceptors (Lipinski definition) is 7. The Kier molecular flexibility index (Phi) is 4.56. The van der Waals surface area contributed by atoms with Gasteiger partial charge in [0.05, 0.1) is 23.7 Å². The van der Waals surface area contributed by atoms with Crippen molar-refractivity contribution in [3.05, 3.63) is 11.1 Å². The van der Waals surface area contributed by atoms with Gasteiger partial charge in [0, 0.05) is 6.42 Å². The molecule has 2 N–H and O–H groups in total. The molecular weight excluding hydrogens is 448 g/mol. The number of cyclic esters (lactones) is 1. The molecule has 4 saturated carbocycles. The topological polar surface area (TPSA) is 109 Å². The molecule has 3 heterocycles. The van der Waals surface area contributed by atoms with Gasteiger partial charge in [-0.3, -0.25) is 4.79 Å². The predicted molar refractivity (Wildman–Crippen MR) is 124 cm³/mol. The molecule has 7 rings (SSSR count). The van der Waals surface area contributed by atoms with Crippen LogP contribution in [0.25, 0.3) is 0 Å². The van der Waals surface area contributed by atoms with Gasteiger partial charge in [-0.25, -0.2) is 4.79 Å². The van der Waals surface area contributed by atoms with Crippen molar-refractivity contribution in [3.8, 4) is 0 Å². The first-order valence-electron chi connectivity index (χ1n) is 13.7. The van der Waals surface area contributed by atoms with E-state index in [2.05, 4.69) is 20.8 Å². The minimum atomic E-state index is -0.744. The lowest BCUT2D eigenvalue weighted by Gasteiger charge is -2.58. The lowest BCUT2D eigenvalue weighted by molar-refractivity contribution is -0.162. The molecule has 0 bridgehead atoms. The molecule has 7 heteroatoms. The highest BCUT2D eigenvalue weighted by molar-refractivity contribution is 5.95.